The molecule has 0 N–H and O–H groups in total. The van der Waals surface area contributed by atoms with Crippen LogP contribution in [0.15, 0.2) is 0 Å². The van der Waals surface area contributed by atoms with Crippen molar-refractivity contribution >= 4 is 11.6 Å². The fourth-order valence-corrected chi connectivity index (χ4v) is 3.34. The highest BCUT2D eigenvalue weighted by Gasteiger charge is 2.74. The van der Waals surface area contributed by atoms with E-state index in [9.17, 15) is 15.1 Å². The van der Waals surface area contributed by atoms with Crippen molar-refractivity contribution in [2.24, 2.45) is 5.41 Å². The fourth-order valence-electron chi connectivity index (χ4n) is 3.34. The smallest absolute Gasteiger partial charge is 0.213 e. The molecule has 2 atom stereocenters. The predicted molar refractivity (Wildman–Crippen MR) is 42.1 cm³/mol. The maximum atomic E-state index is 11.4. The van der Waals surface area contributed by atoms with Gasteiger partial charge in [0, 0.05) is 12.8 Å². The molecule has 68 valence electrons. The van der Waals surface area contributed by atoms with Crippen LogP contribution in [0.5, 0.6) is 0 Å². The minimum absolute atomic E-state index is 0.105. The second-order valence-corrected chi connectivity index (χ2v) is 4.35. The summed E-state index contributed by atoms with van der Waals surface area (Å²) in [4.78, 5) is 22.8. The predicted octanol–water partition coefficient (Wildman–Crippen LogP) is 0.483. The van der Waals surface area contributed by atoms with Gasteiger partial charge in [0.2, 0.25) is 12.1 Å². The van der Waals surface area contributed by atoms with E-state index < -0.39 is 0 Å². The summed E-state index contributed by atoms with van der Waals surface area (Å²) in [5, 5.41) is 0. The van der Waals surface area contributed by atoms with Crippen LogP contribution in [0.4, 0.5) is 0 Å². The maximum Gasteiger partial charge on any atom is 0.213 e. The van der Waals surface area contributed by atoms with E-state index in [-0.39, 0.29) is 29.1 Å². The van der Waals surface area contributed by atoms with E-state index in [1.54, 1.807) is 0 Å². The molecular weight excluding hydrogens is 168 g/mol. The molecule has 2 saturated carbocycles. The van der Waals surface area contributed by atoms with Crippen LogP contribution in [0.3, 0.4) is 0 Å². The number of hydrogen-bond donors (Lipinski definition) is 0. The highest BCUT2D eigenvalue weighted by Crippen LogP contribution is 2.57. The Morgan fingerprint density at radius 1 is 1.15 bits per heavy atom. The van der Waals surface area contributed by atoms with Crippen molar-refractivity contribution in [3.63, 3.8) is 0 Å². The number of hydrogen-bond acceptors (Lipinski definition) is 2. The lowest BCUT2D eigenvalue weighted by Gasteiger charge is -2.44. The van der Waals surface area contributed by atoms with Crippen molar-refractivity contribution in [1.29, 1.82) is 0 Å². The van der Waals surface area contributed by atoms with Crippen LogP contribution in [-0.2, 0) is 9.59 Å². The van der Waals surface area contributed by atoms with E-state index >= 15 is 0 Å². The first-order valence-corrected chi connectivity index (χ1v) is 4.69. The second kappa shape index (κ2) is 1.89. The molecule has 3 fully saturated rings. The third-order valence-electron chi connectivity index (χ3n) is 3.90. The summed E-state index contributed by atoms with van der Waals surface area (Å²) in [5.74, 6) is 0.210. The molecule has 0 aromatic rings. The zero-order valence-corrected chi connectivity index (χ0v) is 7.19. The summed E-state index contributed by atoms with van der Waals surface area (Å²) in [6.45, 7) is 0. The summed E-state index contributed by atoms with van der Waals surface area (Å²) < 4.78 is 0.991. The van der Waals surface area contributed by atoms with Gasteiger partial charge in [-0.1, -0.05) is 0 Å². The van der Waals surface area contributed by atoms with Gasteiger partial charge in [0.1, 0.15) is 5.41 Å². The van der Waals surface area contributed by atoms with E-state index in [4.69, 9.17) is 0 Å². The van der Waals surface area contributed by atoms with Crippen LogP contribution in [0, 0.1) is 5.41 Å². The van der Waals surface area contributed by atoms with Crippen LogP contribution in [0.25, 0.3) is 5.53 Å². The van der Waals surface area contributed by atoms with Crippen molar-refractivity contribution in [3.05, 3.63) is 5.53 Å². The van der Waals surface area contributed by atoms with Gasteiger partial charge in [-0.15, -0.1) is 0 Å². The van der Waals surface area contributed by atoms with Gasteiger partial charge in [0.05, 0.1) is 0 Å². The summed E-state index contributed by atoms with van der Waals surface area (Å²) in [6.07, 6.45) is 2.66. The van der Waals surface area contributed by atoms with Crippen LogP contribution in [0.1, 0.15) is 25.7 Å². The highest BCUT2D eigenvalue weighted by molar-refractivity contribution is 5.95. The van der Waals surface area contributed by atoms with Crippen LogP contribution >= 0.6 is 0 Å². The SMILES string of the molecule is [N-]=[N+]1C2C(=O)CCC23CCC(=O)C13. The van der Waals surface area contributed by atoms with Crippen LogP contribution < -0.4 is 0 Å². The summed E-state index contributed by atoms with van der Waals surface area (Å²) >= 11 is 0. The zero-order valence-electron chi connectivity index (χ0n) is 7.19. The average molecular weight is 178 g/mol. The Balaban J connectivity index is 2.08. The molecule has 13 heavy (non-hydrogen) atoms. The first-order valence-electron chi connectivity index (χ1n) is 4.69. The van der Waals surface area contributed by atoms with Crippen molar-refractivity contribution in [1.82, 2.24) is 0 Å². The molecule has 0 aromatic carbocycles. The third-order valence-corrected chi connectivity index (χ3v) is 3.90. The molecule has 0 aromatic heterocycles. The zero-order chi connectivity index (χ0) is 9.22. The topological polar surface area (TPSA) is 59.5 Å². The monoisotopic (exact) mass is 178 g/mol. The lowest BCUT2D eigenvalue weighted by molar-refractivity contribution is -0.689. The normalized spacial score (nSPS) is 47.5. The number of Topliss-reactive ketones (excluding diaryl/α,β-unsaturated/α-hetero) is 2. The number of carbonyl (C=O) groups is 2. The number of ketones is 2. The van der Waals surface area contributed by atoms with E-state index in [1.165, 1.54) is 0 Å². The highest BCUT2D eigenvalue weighted by atomic mass is 16.1. The molecule has 3 rings (SSSR count). The molecule has 0 bridgehead atoms. The molecule has 4 nitrogen and oxygen atoms in total. The van der Waals surface area contributed by atoms with Crippen molar-refractivity contribution in [2.45, 2.75) is 37.8 Å². The minimum atomic E-state index is -0.357. The van der Waals surface area contributed by atoms with E-state index in [0.717, 1.165) is 17.5 Å². The van der Waals surface area contributed by atoms with Gasteiger partial charge in [-0.3, -0.25) is 9.59 Å². The van der Waals surface area contributed by atoms with Crippen molar-refractivity contribution in [3.8, 4) is 0 Å². The molecule has 1 aliphatic heterocycles. The molecule has 1 saturated heterocycles. The Morgan fingerprint density at radius 2 is 1.62 bits per heavy atom. The van der Waals surface area contributed by atoms with E-state index in [1.807, 2.05) is 0 Å². The Hall–Kier alpha value is -1.06. The quantitative estimate of drug-likeness (QED) is 0.506. The lowest BCUT2D eigenvalue weighted by Crippen LogP contribution is -2.64. The molecule has 1 heterocycles. The summed E-state index contributed by atoms with van der Waals surface area (Å²) in [7, 11) is 0. The maximum absolute atomic E-state index is 11.4. The Labute approximate surface area is 75.4 Å². The van der Waals surface area contributed by atoms with Gasteiger partial charge in [0.25, 0.3) is 0 Å². The molecule has 0 amide bonds. The third kappa shape index (κ3) is 0.577. The largest absolute Gasteiger partial charge is 0.505 e. The Bertz CT molecular complexity index is 316. The second-order valence-electron chi connectivity index (χ2n) is 4.35. The molecule has 2 unspecified atom stereocenters. The summed E-state index contributed by atoms with van der Waals surface area (Å²) in [5.41, 5.74) is 9.35. The summed E-state index contributed by atoms with van der Waals surface area (Å²) in [6, 6.07) is -0.715. The molecule has 1 spiro atoms. The van der Waals surface area contributed by atoms with Crippen molar-refractivity contribution < 1.29 is 14.3 Å². The minimum Gasteiger partial charge on any atom is -0.505 e. The molecular formula is C9H10N2O2. The van der Waals surface area contributed by atoms with Gasteiger partial charge < -0.3 is 10.2 Å². The molecule has 2 aliphatic carbocycles. The number of carbonyl (C=O) groups excluding carboxylic acids is 2. The molecule has 0 radical (unpaired) electrons. The van der Waals surface area contributed by atoms with Crippen molar-refractivity contribution in [2.75, 3.05) is 0 Å². The van der Waals surface area contributed by atoms with E-state index in [2.05, 4.69) is 0 Å². The van der Waals surface area contributed by atoms with Gasteiger partial charge in [-0.2, -0.15) is 0 Å². The van der Waals surface area contributed by atoms with Crippen LogP contribution in [-0.4, -0.2) is 28.3 Å². The lowest BCUT2D eigenvalue weighted by atomic mass is 9.70. The molecule has 4 heteroatoms. The average Bonchev–Trinajstić information content (AvgIpc) is 2.50. The van der Waals surface area contributed by atoms with Gasteiger partial charge in [-0.25, -0.2) is 0 Å². The standard InChI is InChI=1S/C9H10N2O2/c10-11-7-5(12)1-3-9(7)4-2-6(13)8(9)11/h7-8H,1-4H2. The first kappa shape index (κ1) is 7.35. The number of rotatable bonds is 0. The first-order chi connectivity index (χ1) is 6.17. The fraction of sp³-hybridized carbons (Fsp3) is 0.778. The number of nitrogens with zero attached hydrogens (tertiary/aromatic N) is 2. The van der Waals surface area contributed by atoms with E-state index in [0.29, 0.717) is 12.8 Å². The van der Waals surface area contributed by atoms with Gasteiger partial charge >= 0.3 is 0 Å². The molecule has 3 aliphatic rings. The Kier molecular flexibility index (Phi) is 1.07. The van der Waals surface area contributed by atoms with Gasteiger partial charge in [-0.05, 0) is 12.8 Å². The van der Waals surface area contributed by atoms with Crippen LogP contribution in [0.2, 0.25) is 0 Å². The van der Waals surface area contributed by atoms with Gasteiger partial charge in [0.15, 0.2) is 11.6 Å². The Morgan fingerprint density at radius 3 is 2.08 bits per heavy atom.